The highest BCUT2D eigenvalue weighted by atomic mass is 16.5. The van der Waals surface area contributed by atoms with Crippen molar-refractivity contribution in [3.63, 3.8) is 0 Å². The molecule has 0 heterocycles. The Morgan fingerprint density at radius 1 is 0.688 bits per heavy atom. The summed E-state index contributed by atoms with van der Waals surface area (Å²) in [6.07, 6.45) is 3.51. The summed E-state index contributed by atoms with van der Waals surface area (Å²) in [4.78, 5) is 0. The van der Waals surface area contributed by atoms with Crippen molar-refractivity contribution in [1.29, 1.82) is 0 Å². The number of hydrogen-bond donors (Lipinski definition) is 0. The van der Waals surface area contributed by atoms with Crippen LogP contribution >= 0.6 is 0 Å². The maximum Gasteiger partial charge on any atom is 0.203 e. The topological polar surface area (TPSA) is 46.2 Å². The average Bonchev–Trinajstić information content (AvgIpc) is 2.85. The van der Waals surface area contributed by atoms with Crippen molar-refractivity contribution in [2.24, 2.45) is 0 Å². The Hall–Kier alpha value is -3.86. The molecule has 166 valence electrons. The van der Waals surface area contributed by atoms with Crippen molar-refractivity contribution in [3.8, 4) is 39.9 Å². The zero-order valence-electron chi connectivity index (χ0n) is 18.9. The molecule has 0 atom stereocenters. The first-order valence-corrected chi connectivity index (χ1v) is 10.1. The van der Waals surface area contributed by atoms with E-state index in [2.05, 4.69) is 13.2 Å². The quantitative estimate of drug-likeness (QED) is 0.379. The molecule has 0 saturated heterocycles. The normalized spacial score (nSPS) is 10.2. The monoisotopic (exact) mass is 432 g/mol. The van der Waals surface area contributed by atoms with E-state index in [1.165, 1.54) is 0 Å². The van der Waals surface area contributed by atoms with Crippen LogP contribution in [0.25, 0.3) is 23.3 Å². The van der Waals surface area contributed by atoms with E-state index in [4.69, 9.17) is 23.7 Å². The van der Waals surface area contributed by atoms with E-state index in [1.54, 1.807) is 40.6 Å². The van der Waals surface area contributed by atoms with E-state index >= 15 is 0 Å². The Labute approximate surface area is 189 Å². The lowest BCUT2D eigenvalue weighted by molar-refractivity contribution is 0.275. The molecule has 0 bridgehead atoms. The second kappa shape index (κ2) is 10.4. The van der Waals surface area contributed by atoms with Crippen molar-refractivity contribution in [2.45, 2.75) is 6.61 Å². The molecule has 0 fully saturated rings. The minimum Gasteiger partial charge on any atom is -0.493 e. The predicted octanol–water partition coefficient (Wildman–Crippen LogP) is 6.25. The lowest BCUT2D eigenvalue weighted by Gasteiger charge is -2.21. The summed E-state index contributed by atoms with van der Waals surface area (Å²) in [6, 6.07) is 15.7. The summed E-state index contributed by atoms with van der Waals surface area (Å²) in [5.41, 5.74) is 4.40. The first-order chi connectivity index (χ1) is 15.6. The zero-order valence-corrected chi connectivity index (χ0v) is 18.9. The first-order valence-electron chi connectivity index (χ1n) is 10.1. The third-order valence-corrected chi connectivity index (χ3v) is 5.16. The molecule has 0 aliphatic carbocycles. The molecule has 0 spiro atoms. The van der Waals surface area contributed by atoms with Crippen LogP contribution in [0, 0.1) is 0 Å². The highest BCUT2D eigenvalue weighted by molar-refractivity contribution is 5.88. The molecule has 5 heteroatoms. The van der Waals surface area contributed by atoms with Crippen LogP contribution in [-0.4, -0.2) is 28.4 Å². The maximum atomic E-state index is 6.17. The summed E-state index contributed by atoms with van der Waals surface area (Å²) in [6.45, 7) is 8.35. The zero-order chi connectivity index (χ0) is 23.1. The van der Waals surface area contributed by atoms with E-state index in [0.29, 0.717) is 35.4 Å². The summed E-state index contributed by atoms with van der Waals surface area (Å²) in [7, 11) is 6.39. The van der Waals surface area contributed by atoms with Crippen LogP contribution in [-0.2, 0) is 6.61 Å². The van der Waals surface area contributed by atoms with Gasteiger partial charge in [0.1, 0.15) is 6.61 Å². The minimum atomic E-state index is 0.382. The van der Waals surface area contributed by atoms with E-state index in [9.17, 15) is 0 Å². The molecule has 0 aromatic heterocycles. The number of hydrogen-bond acceptors (Lipinski definition) is 5. The van der Waals surface area contributed by atoms with Gasteiger partial charge in [0.2, 0.25) is 5.75 Å². The molecule has 0 saturated carbocycles. The fourth-order valence-corrected chi connectivity index (χ4v) is 3.59. The Morgan fingerprint density at radius 2 is 1.31 bits per heavy atom. The van der Waals surface area contributed by atoms with Crippen LogP contribution in [0.4, 0.5) is 0 Å². The fourth-order valence-electron chi connectivity index (χ4n) is 3.59. The number of rotatable bonds is 10. The number of benzene rings is 3. The van der Waals surface area contributed by atoms with Gasteiger partial charge < -0.3 is 23.7 Å². The summed E-state index contributed by atoms with van der Waals surface area (Å²) < 4.78 is 28.6. The lowest BCUT2D eigenvalue weighted by Crippen LogP contribution is -2.03. The second-order valence-electron chi connectivity index (χ2n) is 6.88. The molecule has 0 aliphatic rings. The van der Waals surface area contributed by atoms with Gasteiger partial charge in [0.05, 0.1) is 28.4 Å². The van der Waals surface area contributed by atoms with E-state index < -0.39 is 0 Å². The molecule has 0 aliphatic heterocycles. The van der Waals surface area contributed by atoms with Gasteiger partial charge in [-0.25, -0.2) is 0 Å². The average molecular weight is 433 g/mol. The molecule has 0 N–H and O–H groups in total. The summed E-state index contributed by atoms with van der Waals surface area (Å²) in [5.74, 6) is 2.81. The second-order valence-corrected chi connectivity index (χ2v) is 6.88. The van der Waals surface area contributed by atoms with Crippen molar-refractivity contribution in [2.75, 3.05) is 28.4 Å². The molecular formula is C27H28O5. The Bertz CT molecular complexity index is 1100. The van der Waals surface area contributed by atoms with Gasteiger partial charge in [-0.2, -0.15) is 0 Å². The van der Waals surface area contributed by atoms with Gasteiger partial charge in [0.25, 0.3) is 0 Å². The fraction of sp³-hybridized carbons (Fsp3) is 0.185. The molecular weight excluding hydrogens is 404 g/mol. The van der Waals surface area contributed by atoms with Crippen molar-refractivity contribution in [1.82, 2.24) is 0 Å². The van der Waals surface area contributed by atoms with Crippen LogP contribution in [0.2, 0.25) is 0 Å². The predicted molar refractivity (Wildman–Crippen MR) is 129 cm³/mol. The standard InChI is InChI=1S/C27H28O5/c1-7-19-14-23(28-3)24(29-4)15-21(19)22-16-25(32-17-18-12-10-9-11-13-18)27(31-6)26(30-5)20(22)8-2/h7-16H,1-2,17H2,3-6H3. The largest absolute Gasteiger partial charge is 0.493 e. The molecule has 3 aromatic carbocycles. The van der Waals surface area contributed by atoms with E-state index in [1.807, 2.05) is 48.5 Å². The van der Waals surface area contributed by atoms with Crippen molar-refractivity contribution in [3.05, 3.63) is 78.4 Å². The third-order valence-electron chi connectivity index (χ3n) is 5.16. The first kappa shape index (κ1) is 22.8. The Morgan fingerprint density at radius 3 is 1.88 bits per heavy atom. The van der Waals surface area contributed by atoms with Gasteiger partial charge in [-0.05, 0) is 40.5 Å². The van der Waals surface area contributed by atoms with Crippen LogP contribution in [0.3, 0.4) is 0 Å². The molecule has 5 nitrogen and oxygen atoms in total. The molecule has 0 unspecified atom stereocenters. The summed E-state index contributed by atoms with van der Waals surface area (Å²) in [5, 5.41) is 0. The van der Waals surface area contributed by atoms with E-state index in [0.717, 1.165) is 27.8 Å². The molecule has 32 heavy (non-hydrogen) atoms. The number of methoxy groups -OCH3 is 4. The van der Waals surface area contributed by atoms with Gasteiger partial charge in [-0.3, -0.25) is 0 Å². The van der Waals surface area contributed by atoms with E-state index in [-0.39, 0.29) is 0 Å². The van der Waals surface area contributed by atoms with Crippen LogP contribution in [0.5, 0.6) is 28.7 Å². The molecule has 3 rings (SSSR count). The highest BCUT2D eigenvalue weighted by Crippen LogP contribution is 2.48. The lowest BCUT2D eigenvalue weighted by atomic mass is 9.93. The number of ether oxygens (including phenoxy) is 5. The smallest absolute Gasteiger partial charge is 0.203 e. The third kappa shape index (κ3) is 4.42. The highest BCUT2D eigenvalue weighted by Gasteiger charge is 2.22. The molecule has 0 amide bonds. The van der Waals surface area contributed by atoms with Crippen molar-refractivity contribution >= 4 is 12.2 Å². The van der Waals surface area contributed by atoms with Crippen LogP contribution in [0.15, 0.2) is 61.7 Å². The Balaban J connectivity index is 2.23. The molecule has 3 aromatic rings. The van der Waals surface area contributed by atoms with Crippen molar-refractivity contribution < 1.29 is 23.7 Å². The van der Waals surface area contributed by atoms with Gasteiger partial charge >= 0.3 is 0 Å². The van der Waals surface area contributed by atoms with Gasteiger partial charge in [0, 0.05) is 5.56 Å². The van der Waals surface area contributed by atoms with Gasteiger partial charge in [-0.15, -0.1) is 0 Å². The summed E-state index contributed by atoms with van der Waals surface area (Å²) >= 11 is 0. The van der Waals surface area contributed by atoms with Gasteiger partial charge in [0.15, 0.2) is 23.0 Å². The van der Waals surface area contributed by atoms with Gasteiger partial charge in [-0.1, -0.05) is 55.6 Å². The SMILES string of the molecule is C=Cc1cc(OC)c(OC)cc1-c1cc(OCc2ccccc2)c(OC)c(OC)c1C=C. The van der Waals surface area contributed by atoms with Crippen LogP contribution < -0.4 is 23.7 Å². The molecule has 0 radical (unpaired) electrons. The van der Waals surface area contributed by atoms with Crippen LogP contribution in [0.1, 0.15) is 16.7 Å². The minimum absolute atomic E-state index is 0.382. The Kier molecular flexibility index (Phi) is 7.45. The maximum absolute atomic E-state index is 6.17.